The van der Waals surface area contributed by atoms with Crippen LogP contribution in [-0.4, -0.2) is 39.1 Å². The van der Waals surface area contributed by atoms with Gasteiger partial charge in [-0.05, 0) is 37.8 Å². The molecule has 1 saturated carbocycles. The van der Waals surface area contributed by atoms with Crippen LogP contribution in [0.25, 0.3) is 11.4 Å². The van der Waals surface area contributed by atoms with Crippen LogP contribution in [0.2, 0.25) is 5.02 Å². The van der Waals surface area contributed by atoms with E-state index in [1.165, 1.54) is 24.0 Å². The lowest BCUT2D eigenvalue weighted by atomic mass is 9.94. The van der Waals surface area contributed by atoms with Crippen molar-refractivity contribution >= 4 is 23.1 Å². The molecule has 0 N–H and O–H groups in total. The van der Waals surface area contributed by atoms with Gasteiger partial charge in [-0.1, -0.05) is 23.7 Å². The number of aromatic nitrogens is 4. The van der Waals surface area contributed by atoms with Gasteiger partial charge in [-0.2, -0.15) is 10.1 Å². The predicted octanol–water partition coefficient (Wildman–Crippen LogP) is 4.61. The molecule has 4 heterocycles. The average Bonchev–Trinajstić information content (AvgIpc) is 3.53. The molecule has 0 atom stereocenters. The second-order valence-corrected chi connectivity index (χ2v) is 9.65. The highest BCUT2D eigenvalue weighted by atomic mass is 35.5. The Balaban J connectivity index is 1.41. The van der Waals surface area contributed by atoms with Gasteiger partial charge in [0.1, 0.15) is 10.8 Å². The van der Waals surface area contributed by atoms with E-state index in [-0.39, 0.29) is 0 Å². The van der Waals surface area contributed by atoms with Crippen LogP contribution in [0.1, 0.15) is 59.3 Å². The number of anilines is 1. The quantitative estimate of drug-likeness (QED) is 0.566. The molecule has 6 rings (SSSR count). The molecular formula is C25H27ClN6O. The number of aliphatic imine (C=N–C) groups is 1. The van der Waals surface area contributed by atoms with Gasteiger partial charge in [0.2, 0.25) is 5.88 Å². The summed E-state index contributed by atoms with van der Waals surface area (Å²) in [6, 6.07) is 4.30. The molecule has 1 aromatic carbocycles. The van der Waals surface area contributed by atoms with Gasteiger partial charge in [0.25, 0.3) is 0 Å². The van der Waals surface area contributed by atoms with E-state index < -0.39 is 0 Å². The number of fused-ring (bicyclic) bond motifs is 2. The van der Waals surface area contributed by atoms with Gasteiger partial charge in [-0.25, -0.2) is 4.98 Å². The summed E-state index contributed by atoms with van der Waals surface area (Å²) in [6.07, 6.45) is 3.15. The number of hydrogen-bond acceptors (Lipinski definition) is 6. The first kappa shape index (κ1) is 20.7. The molecule has 0 amide bonds. The fraction of sp³-hybridized carbons (Fsp3) is 0.440. The molecule has 0 radical (unpaired) electrons. The maximum atomic E-state index is 6.79. The molecule has 3 aromatic rings. The van der Waals surface area contributed by atoms with Crippen LogP contribution >= 0.6 is 11.6 Å². The summed E-state index contributed by atoms with van der Waals surface area (Å²) < 4.78 is 7.71. The molecular weight excluding hydrogens is 436 g/mol. The van der Waals surface area contributed by atoms with E-state index in [2.05, 4.69) is 35.9 Å². The Labute approximate surface area is 198 Å². The maximum Gasteiger partial charge on any atom is 0.222 e. The number of methoxy groups -OCH3 is 1. The third-order valence-corrected chi connectivity index (χ3v) is 7.40. The Morgan fingerprint density at radius 3 is 2.70 bits per heavy atom. The summed E-state index contributed by atoms with van der Waals surface area (Å²) in [5.41, 5.74) is 8.77. The smallest absolute Gasteiger partial charge is 0.222 e. The van der Waals surface area contributed by atoms with Crippen molar-refractivity contribution in [3.05, 3.63) is 50.8 Å². The first-order chi connectivity index (χ1) is 16.0. The lowest BCUT2D eigenvalue weighted by Crippen LogP contribution is -2.33. The van der Waals surface area contributed by atoms with Crippen LogP contribution in [0, 0.1) is 6.92 Å². The molecule has 7 nitrogen and oxygen atoms in total. The second kappa shape index (κ2) is 7.55. The molecule has 1 fully saturated rings. The largest absolute Gasteiger partial charge is 0.481 e. The van der Waals surface area contributed by atoms with Crippen molar-refractivity contribution in [2.75, 3.05) is 18.6 Å². The first-order valence-corrected chi connectivity index (χ1v) is 11.9. The molecule has 170 valence electrons. The molecule has 1 aliphatic carbocycles. The normalized spacial score (nSPS) is 17.1. The van der Waals surface area contributed by atoms with Gasteiger partial charge in [-0.15, -0.1) is 0 Å². The van der Waals surface area contributed by atoms with E-state index in [1.54, 1.807) is 7.11 Å². The van der Waals surface area contributed by atoms with Crippen molar-refractivity contribution in [2.24, 2.45) is 12.0 Å². The molecule has 0 spiro atoms. The summed E-state index contributed by atoms with van der Waals surface area (Å²) in [4.78, 5) is 16.9. The van der Waals surface area contributed by atoms with Crippen LogP contribution in [0.4, 0.5) is 5.82 Å². The number of benzene rings is 1. The zero-order chi connectivity index (χ0) is 22.9. The van der Waals surface area contributed by atoms with Crippen LogP contribution in [0.3, 0.4) is 0 Å². The SMILES string of the molecule is COc1nc(-c2c(C)ccc3c2C(C)=NC3)nc2c1CN(c1c(Cl)c(C3CC3)nn1C)CC2. The third kappa shape index (κ3) is 3.24. The topological polar surface area (TPSA) is 68.4 Å². The average molecular weight is 463 g/mol. The van der Waals surface area contributed by atoms with E-state index in [0.717, 1.165) is 70.0 Å². The minimum absolute atomic E-state index is 0.512. The fourth-order valence-electron chi connectivity index (χ4n) is 5.18. The number of rotatable bonds is 4. The Bertz CT molecular complexity index is 1310. The highest BCUT2D eigenvalue weighted by Gasteiger charge is 2.34. The van der Waals surface area contributed by atoms with Crippen molar-refractivity contribution in [1.29, 1.82) is 0 Å². The highest BCUT2D eigenvalue weighted by molar-refractivity contribution is 6.33. The zero-order valence-corrected chi connectivity index (χ0v) is 20.2. The van der Waals surface area contributed by atoms with Crippen molar-refractivity contribution in [1.82, 2.24) is 19.7 Å². The number of halogens is 1. The van der Waals surface area contributed by atoms with Gasteiger partial charge in [0.15, 0.2) is 5.82 Å². The van der Waals surface area contributed by atoms with Crippen LogP contribution in [0.5, 0.6) is 5.88 Å². The van der Waals surface area contributed by atoms with Gasteiger partial charge in [-0.3, -0.25) is 9.67 Å². The van der Waals surface area contributed by atoms with Crippen LogP contribution in [0.15, 0.2) is 17.1 Å². The molecule has 8 heteroatoms. The molecule has 33 heavy (non-hydrogen) atoms. The number of aryl methyl sites for hydroxylation is 2. The zero-order valence-electron chi connectivity index (χ0n) is 19.4. The molecule has 0 bridgehead atoms. The van der Waals surface area contributed by atoms with Crippen molar-refractivity contribution in [2.45, 2.75) is 52.1 Å². The minimum Gasteiger partial charge on any atom is -0.481 e. The standard InChI is InChI=1S/C25H27ClN6O/c1-13-5-6-16-11-27-14(2)20(16)19(13)23-28-18-9-10-32(12-17(18)24(29-23)33-4)25-21(26)22(15-7-8-15)30-31(25)3/h5-6,15H,7-12H2,1-4H3. The highest BCUT2D eigenvalue weighted by Crippen LogP contribution is 2.46. The number of hydrogen-bond donors (Lipinski definition) is 0. The van der Waals surface area contributed by atoms with Crippen molar-refractivity contribution in [3.8, 4) is 17.3 Å². The Morgan fingerprint density at radius 1 is 1.12 bits per heavy atom. The Morgan fingerprint density at radius 2 is 1.94 bits per heavy atom. The summed E-state index contributed by atoms with van der Waals surface area (Å²) in [7, 11) is 3.66. The Kier molecular flexibility index (Phi) is 4.73. The Hall–Kier alpha value is -2.93. The van der Waals surface area contributed by atoms with Crippen LogP contribution in [-0.2, 0) is 26.6 Å². The minimum atomic E-state index is 0.512. The van der Waals surface area contributed by atoms with Gasteiger partial charge in [0, 0.05) is 42.8 Å². The van der Waals surface area contributed by atoms with E-state index in [1.807, 2.05) is 11.7 Å². The second-order valence-electron chi connectivity index (χ2n) is 9.27. The summed E-state index contributed by atoms with van der Waals surface area (Å²) in [6.45, 7) is 6.37. The van der Waals surface area contributed by atoms with E-state index in [4.69, 9.17) is 31.4 Å². The van der Waals surface area contributed by atoms with Crippen LogP contribution < -0.4 is 9.64 Å². The number of nitrogens with zero attached hydrogens (tertiary/aromatic N) is 6. The summed E-state index contributed by atoms with van der Waals surface area (Å²) >= 11 is 6.79. The predicted molar refractivity (Wildman–Crippen MR) is 130 cm³/mol. The van der Waals surface area contributed by atoms with Gasteiger partial charge >= 0.3 is 0 Å². The summed E-state index contributed by atoms with van der Waals surface area (Å²) in [5, 5.41) is 5.50. The van der Waals surface area contributed by atoms with E-state index >= 15 is 0 Å². The maximum absolute atomic E-state index is 6.79. The van der Waals surface area contributed by atoms with E-state index in [0.29, 0.717) is 18.3 Å². The number of ether oxygens (including phenoxy) is 1. The third-order valence-electron chi connectivity index (χ3n) is 7.04. The fourth-order valence-corrected chi connectivity index (χ4v) is 5.62. The lowest BCUT2D eigenvalue weighted by molar-refractivity contribution is 0.388. The lowest BCUT2D eigenvalue weighted by Gasteiger charge is -2.31. The molecule has 0 unspecified atom stereocenters. The summed E-state index contributed by atoms with van der Waals surface area (Å²) in [5.74, 6) is 2.83. The first-order valence-electron chi connectivity index (χ1n) is 11.5. The molecule has 2 aliphatic heterocycles. The molecule has 0 saturated heterocycles. The molecule has 3 aliphatic rings. The van der Waals surface area contributed by atoms with Gasteiger partial charge in [0.05, 0.1) is 37.2 Å². The molecule has 2 aromatic heterocycles. The van der Waals surface area contributed by atoms with Gasteiger partial charge < -0.3 is 9.64 Å². The van der Waals surface area contributed by atoms with E-state index in [9.17, 15) is 0 Å². The van der Waals surface area contributed by atoms with Crippen molar-refractivity contribution < 1.29 is 4.74 Å². The monoisotopic (exact) mass is 462 g/mol. The van der Waals surface area contributed by atoms with Crippen molar-refractivity contribution in [3.63, 3.8) is 0 Å².